The summed E-state index contributed by atoms with van der Waals surface area (Å²) < 4.78 is 8.61. The second-order valence-electron chi connectivity index (χ2n) is 10.3. The molecule has 184 valence electrons. The van der Waals surface area contributed by atoms with E-state index in [-0.39, 0.29) is 0 Å². The fraction of sp³-hybridized carbons (Fsp3) is 0.0270. The van der Waals surface area contributed by atoms with Crippen LogP contribution in [0.2, 0.25) is 0 Å². The lowest BCUT2D eigenvalue weighted by atomic mass is 9.98. The van der Waals surface area contributed by atoms with Crippen molar-refractivity contribution in [2.24, 2.45) is 0 Å². The van der Waals surface area contributed by atoms with Gasteiger partial charge in [-0.2, -0.15) is 0 Å². The van der Waals surface area contributed by atoms with Crippen LogP contribution >= 0.6 is 0 Å². The average molecular weight is 500 g/mol. The molecule has 0 unspecified atom stereocenters. The van der Waals surface area contributed by atoms with Gasteiger partial charge in [0.05, 0.1) is 11.0 Å². The zero-order valence-corrected chi connectivity index (χ0v) is 21.6. The molecule has 2 aromatic heterocycles. The van der Waals surface area contributed by atoms with Gasteiger partial charge in [-0.3, -0.25) is 0 Å². The number of para-hydroxylation sites is 1. The number of fused-ring (bicyclic) bond motifs is 6. The van der Waals surface area contributed by atoms with Crippen molar-refractivity contribution in [2.45, 2.75) is 6.92 Å². The van der Waals surface area contributed by atoms with E-state index in [1.54, 1.807) is 0 Å². The number of hydrogen-bond acceptors (Lipinski definition) is 1. The SMILES string of the molecule is Cc1ccc2c(c1)c1cc(-c3cccc(-c4ccccc4)c3)ccc1n2-c1ccc2c(c1)oc1ccccc12. The van der Waals surface area contributed by atoms with Crippen molar-refractivity contribution >= 4 is 43.7 Å². The van der Waals surface area contributed by atoms with Crippen LogP contribution in [0.5, 0.6) is 0 Å². The van der Waals surface area contributed by atoms with Crippen LogP contribution in [0, 0.1) is 6.92 Å². The van der Waals surface area contributed by atoms with E-state index < -0.39 is 0 Å². The molecule has 2 nitrogen and oxygen atoms in total. The number of aromatic nitrogens is 1. The Balaban J connectivity index is 1.33. The summed E-state index contributed by atoms with van der Waals surface area (Å²) in [5.41, 5.74) is 11.5. The van der Waals surface area contributed by atoms with Gasteiger partial charge in [0.2, 0.25) is 0 Å². The van der Waals surface area contributed by atoms with E-state index in [9.17, 15) is 0 Å². The van der Waals surface area contributed by atoms with Crippen LogP contribution in [0.3, 0.4) is 0 Å². The number of rotatable bonds is 3. The predicted molar refractivity (Wildman–Crippen MR) is 164 cm³/mol. The molecule has 0 radical (unpaired) electrons. The summed E-state index contributed by atoms with van der Waals surface area (Å²) in [6, 6.07) is 47.8. The maximum atomic E-state index is 6.25. The predicted octanol–water partition coefficient (Wildman–Crippen LogP) is 10.3. The summed E-state index contributed by atoms with van der Waals surface area (Å²) in [7, 11) is 0. The van der Waals surface area contributed by atoms with Crippen LogP contribution in [0.1, 0.15) is 5.56 Å². The lowest BCUT2D eigenvalue weighted by molar-refractivity contribution is 0.668. The molecular formula is C37H25NO. The first kappa shape index (κ1) is 22.0. The Morgan fingerprint density at radius 1 is 0.436 bits per heavy atom. The van der Waals surface area contributed by atoms with E-state index in [1.165, 1.54) is 49.6 Å². The third-order valence-electron chi connectivity index (χ3n) is 7.84. The normalized spacial score (nSPS) is 11.7. The highest BCUT2D eigenvalue weighted by atomic mass is 16.3. The molecule has 0 amide bonds. The highest BCUT2D eigenvalue weighted by molar-refractivity contribution is 6.11. The molecule has 0 saturated carbocycles. The fourth-order valence-electron chi connectivity index (χ4n) is 5.96. The minimum atomic E-state index is 0.908. The number of aryl methyl sites for hydroxylation is 1. The summed E-state index contributed by atoms with van der Waals surface area (Å²) in [6.45, 7) is 2.16. The zero-order chi connectivity index (χ0) is 25.9. The molecule has 2 heterocycles. The highest BCUT2D eigenvalue weighted by Crippen LogP contribution is 2.38. The van der Waals surface area contributed by atoms with E-state index >= 15 is 0 Å². The van der Waals surface area contributed by atoms with Crippen molar-refractivity contribution in [1.29, 1.82) is 0 Å². The van der Waals surface area contributed by atoms with Gasteiger partial charge in [-0.25, -0.2) is 0 Å². The Kier molecular flexibility index (Phi) is 4.77. The minimum absolute atomic E-state index is 0.908. The van der Waals surface area contributed by atoms with Crippen molar-refractivity contribution < 1.29 is 4.42 Å². The van der Waals surface area contributed by atoms with E-state index in [4.69, 9.17) is 4.42 Å². The Morgan fingerprint density at radius 3 is 1.97 bits per heavy atom. The van der Waals surface area contributed by atoms with Crippen molar-refractivity contribution in [1.82, 2.24) is 4.57 Å². The van der Waals surface area contributed by atoms with Gasteiger partial charge in [0.25, 0.3) is 0 Å². The number of hydrogen-bond donors (Lipinski definition) is 0. The molecule has 0 aliphatic rings. The van der Waals surface area contributed by atoms with Crippen LogP contribution in [-0.2, 0) is 0 Å². The maximum Gasteiger partial charge on any atom is 0.137 e. The summed E-state index contributed by atoms with van der Waals surface area (Å²) in [6.07, 6.45) is 0. The van der Waals surface area contributed by atoms with Gasteiger partial charge in [-0.15, -0.1) is 0 Å². The molecule has 2 heteroatoms. The molecule has 6 aromatic carbocycles. The number of benzene rings is 6. The van der Waals surface area contributed by atoms with Gasteiger partial charge < -0.3 is 8.98 Å². The average Bonchev–Trinajstić information content (AvgIpc) is 3.52. The van der Waals surface area contributed by atoms with E-state index in [0.29, 0.717) is 0 Å². The molecule has 8 rings (SSSR count). The second kappa shape index (κ2) is 8.47. The molecule has 0 aliphatic heterocycles. The Bertz CT molecular complexity index is 2180. The van der Waals surface area contributed by atoms with Crippen LogP contribution in [0.25, 0.3) is 71.7 Å². The summed E-state index contributed by atoms with van der Waals surface area (Å²) in [5.74, 6) is 0. The first-order valence-corrected chi connectivity index (χ1v) is 13.4. The summed E-state index contributed by atoms with van der Waals surface area (Å²) >= 11 is 0. The van der Waals surface area contributed by atoms with Gasteiger partial charge in [0.15, 0.2) is 0 Å². The molecule has 39 heavy (non-hydrogen) atoms. The molecule has 0 N–H and O–H groups in total. The Morgan fingerprint density at radius 2 is 1.10 bits per heavy atom. The third-order valence-corrected chi connectivity index (χ3v) is 7.84. The molecule has 8 aromatic rings. The Hall–Kier alpha value is -5.08. The quantitative estimate of drug-likeness (QED) is 0.236. The van der Waals surface area contributed by atoms with Crippen LogP contribution in [0.15, 0.2) is 138 Å². The van der Waals surface area contributed by atoms with E-state index in [0.717, 1.165) is 27.6 Å². The first-order chi connectivity index (χ1) is 19.2. The highest BCUT2D eigenvalue weighted by Gasteiger charge is 2.15. The first-order valence-electron chi connectivity index (χ1n) is 13.4. The third kappa shape index (κ3) is 3.49. The number of nitrogens with zero attached hydrogens (tertiary/aromatic N) is 1. The minimum Gasteiger partial charge on any atom is -0.456 e. The summed E-state index contributed by atoms with van der Waals surface area (Å²) in [4.78, 5) is 0. The van der Waals surface area contributed by atoms with Gasteiger partial charge in [-0.1, -0.05) is 84.4 Å². The van der Waals surface area contributed by atoms with Crippen LogP contribution in [-0.4, -0.2) is 4.57 Å². The van der Waals surface area contributed by atoms with Crippen molar-refractivity contribution in [2.75, 3.05) is 0 Å². The van der Waals surface area contributed by atoms with Gasteiger partial charge >= 0.3 is 0 Å². The Labute approximate surface area is 226 Å². The van der Waals surface area contributed by atoms with Crippen LogP contribution in [0.4, 0.5) is 0 Å². The molecule has 0 bridgehead atoms. The summed E-state index contributed by atoms with van der Waals surface area (Å²) in [5, 5.41) is 4.81. The lowest BCUT2D eigenvalue weighted by Gasteiger charge is -2.09. The topological polar surface area (TPSA) is 18.1 Å². The van der Waals surface area contributed by atoms with Crippen molar-refractivity contribution in [3.63, 3.8) is 0 Å². The molecule has 0 spiro atoms. The van der Waals surface area contributed by atoms with Gasteiger partial charge in [0, 0.05) is 33.3 Å². The van der Waals surface area contributed by atoms with E-state index in [1.807, 2.05) is 12.1 Å². The zero-order valence-electron chi connectivity index (χ0n) is 21.6. The van der Waals surface area contributed by atoms with Crippen molar-refractivity contribution in [3.05, 3.63) is 139 Å². The van der Waals surface area contributed by atoms with Gasteiger partial charge in [-0.05, 0) is 77.7 Å². The molecule has 0 atom stereocenters. The monoisotopic (exact) mass is 499 g/mol. The fourth-order valence-corrected chi connectivity index (χ4v) is 5.96. The molecule has 0 saturated heterocycles. The largest absolute Gasteiger partial charge is 0.456 e. The van der Waals surface area contributed by atoms with Crippen molar-refractivity contribution in [3.8, 4) is 27.9 Å². The standard InChI is InChI=1S/C37H25NO/c1-24-14-18-34-32(20-24)33-22-28(27-11-7-10-26(21-27)25-8-3-2-4-9-25)15-19-35(33)38(34)29-16-17-31-30-12-5-6-13-36(30)39-37(31)23-29/h2-23H,1H3. The maximum absolute atomic E-state index is 6.25. The molecule has 0 aliphatic carbocycles. The molecule has 0 fully saturated rings. The van der Waals surface area contributed by atoms with Gasteiger partial charge in [0.1, 0.15) is 11.2 Å². The number of furan rings is 1. The van der Waals surface area contributed by atoms with Crippen LogP contribution < -0.4 is 0 Å². The molecular weight excluding hydrogens is 474 g/mol. The smallest absolute Gasteiger partial charge is 0.137 e. The van der Waals surface area contributed by atoms with E-state index in [2.05, 4.69) is 133 Å². The lowest BCUT2D eigenvalue weighted by Crippen LogP contribution is -1.93. The second-order valence-corrected chi connectivity index (χ2v) is 10.3.